The van der Waals surface area contributed by atoms with Crippen molar-refractivity contribution < 1.29 is 19.2 Å². The number of nitrogens with zero attached hydrogens (tertiary/aromatic N) is 2. The molecule has 0 spiro atoms. The van der Waals surface area contributed by atoms with Gasteiger partial charge in [0.05, 0.1) is 23.8 Å². The average molecular weight is 380 g/mol. The summed E-state index contributed by atoms with van der Waals surface area (Å²) in [4.78, 5) is 38.8. The largest absolute Gasteiger partial charge is 0.450 e. The van der Waals surface area contributed by atoms with Crippen molar-refractivity contribution >= 4 is 29.2 Å². The number of amides is 1. The maximum atomic E-state index is 12.5. The average Bonchev–Trinajstić information content (AvgIpc) is 3.04. The molecule has 1 aromatic heterocycles. The number of H-pyrrole nitrogens is 1. The number of nitro groups is 1. The van der Waals surface area contributed by atoms with Crippen LogP contribution in [0, 0.1) is 10.1 Å². The molecule has 138 valence electrons. The molecular weight excluding hydrogens is 362 g/mol. The summed E-state index contributed by atoms with van der Waals surface area (Å²) in [7, 11) is 1.46. The van der Waals surface area contributed by atoms with Crippen LogP contribution in [-0.2, 0) is 11.2 Å². The molecule has 0 bridgehead atoms. The second kappa shape index (κ2) is 8.48. The maximum absolute atomic E-state index is 12.5. The van der Waals surface area contributed by atoms with Gasteiger partial charge < -0.3 is 14.6 Å². The van der Waals surface area contributed by atoms with Gasteiger partial charge in [0.15, 0.2) is 5.78 Å². The molecule has 0 aliphatic rings. The molecule has 8 nitrogen and oxygen atoms in total. The summed E-state index contributed by atoms with van der Waals surface area (Å²) >= 11 is 5.82. The highest BCUT2D eigenvalue weighted by molar-refractivity contribution is 6.30. The van der Waals surface area contributed by atoms with Crippen molar-refractivity contribution in [2.24, 2.45) is 0 Å². The topological polar surface area (TPSA) is 106 Å². The van der Waals surface area contributed by atoms with Gasteiger partial charge in [-0.2, -0.15) is 0 Å². The quantitative estimate of drug-likeness (QED) is 0.450. The number of carbonyl (C=O) groups is 2. The molecule has 0 atom stereocenters. The number of rotatable bonds is 7. The van der Waals surface area contributed by atoms with Crippen molar-refractivity contribution in [2.75, 3.05) is 20.2 Å². The van der Waals surface area contributed by atoms with Crippen LogP contribution < -0.4 is 0 Å². The number of benzene rings is 1. The maximum Gasteiger partial charge on any atom is 0.409 e. The first-order valence-corrected chi connectivity index (χ1v) is 8.21. The van der Waals surface area contributed by atoms with Gasteiger partial charge in [-0.25, -0.2) is 4.79 Å². The molecule has 0 radical (unpaired) electrons. The number of aromatic nitrogens is 1. The van der Waals surface area contributed by atoms with Crippen molar-refractivity contribution in [3.8, 4) is 0 Å². The minimum absolute atomic E-state index is 0.110. The minimum atomic E-state index is -0.595. The zero-order valence-electron chi connectivity index (χ0n) is 14.3. The summed E-state index contributed by atoms with van der Waals surface area (Å²) in [5.74, 6) is -0.322. The van der Waals surface area contributed by atoms with Gasteiger partial charge in [0.2, 0.25) is 0 Å². The molecule has 1 N–H and O–H groups in total. The lowest BCUT2D eigenvalue weighted by molar-refractivity contribution is -0.385. The van der Waals surface area contributed by atoms with E-state index in [-0.39, 0.29) is 36.1 Å². The summed E-state index contributed by atoms with van der Waals surface area (Å²) < 4.78 is 4.84. The van der Waals surface area contributed by atoms with Crippen molar-refractivity contribution in [1.82, 2.24) is 9.88 Å². The lowest BCUT2D eigenvalue weighted by atomic mass is 10.0. The third-order valence-electron chi connectivity index (χ3n) is 3.70. The van der Waals surface area contributed by atoms with Crippen molar-refractivity contribution in [1.29, 1.82) is 0 Å². The Kier molecular flexibility index (Phi) is 6.35. The first-order valence-electron chi connectivity index (χ1n) is 7.83. The monoisotopic (exact) mass is 379 g/mol. The van der Waals surface area contributed by atoms with Crippen LogP contribution in [0.3, 0.4) is 0 Å². The van der Waals surface area contributed by atoms with E-state index >= 15 is 0 Å². The lowest BCUT2D eigenvalue weighted by Gasteiger charge is -2.15. The molecule has 0 aliphatic heterocycles. The number of aromatic amines is 1. The number of carbonyl (C=O) groups excluding carboxylic acids is 2. The molecule has 9 heteroatoms. The molecule has 0 unspecified atom stereocenters. The van der Waals surface area contributed by atoms with E-state index in [1.807, 2.05) is 0 Å². The summed E-state index contributed by atoms with van der Waals surface area (Å²) in [5, 5.41) is 11.5. The number of ketones is 1. The predicted octanol–water partition coefficient (Wildman–Crippen LogP) is 3.44. The minimum Gasteiger partial charge on any atom is -0.450 e. The highest BCUT2D eigenvalue weighted by Crippen LogP contribution is 2.26. The Hall–Kier alpha value is -2.87. The van der Waals surface area contributed by atoms with Crippen LogP contribution in [0.25, 0.3) is 0 Å². The van der Waals surface area contributed by atoms with E-state index < -0.39 is 11.0 Å². The highest BCUT2D eigenvalue weighted by atomic mass is 35.5. The van der Waals surface area contributed by atoms with Gasteiger partial charge in [-0.15, -0.1) is 0 Å². The molecule has 0 saturated heterocycles. The van der Waals surface area contributed by atoms with E-state index in [0.29, 0.717) is 16.8 Å². The molecule has 26 heavy (non-hydrogen) atoms. The fourth-order valence-electron chi connectivity index (χ4n) is 2.46. The second-order valence-corrected chi connectivity index (χ2v) is 6.00. The Labute approximate surface area is 154 Å². The summed E-state index contributed by atoms with van der Waals surface area (Å²) in [5.41, 5.74) is 1.22. The Morgan fingerprint density at radius 2 is 2.04 bits per heavy atom. The number of ether oxygens (including phenoxy) is 1. The first-order chi connectivity index (χ1) is 12.3. The second-order valence-electron chi connectivity index (χ2n) is 5.56. The van der Waals surface area contributed by atoms with Gasteiger partial charge in [0.1, 0.15) is 0 Å². The van der Waals surface area contributed by atoms with Crippen molar-refractivity contribution in [3.63, 3.8) is 0 Å². The highest BCUT2D eigenvalue weighted by Gasteiger charge is 2.21. The molecule has 2 aromatic rings. The molecule has 1 aromatic carbocycles. The van der Waals surface area contributed by atoms with E-state index in [0.717, 1.165) is 0 Å². The predicted molar refractivity (Wildman–Crippen MR) is 95.7 cm³/mol. The fraction of sp³-hybridized carbons (Fsp3) is 0.294. The zero-order chi connectivity index (χ0) is 19.3. The SMILES string of the molecule is CCOC(=O)N(C)CC(=O)c1[nH]ccc1Cc1ccc(Cl)cc1[N+](=O)[O-]. The number of halogens is 1. The molecule has 2 rings (SSSR count). The molecular formula is C17H18ClN3O5. The smallest absolute Gasteiger partial charge is 0.409 e. The molecule has 0 fully saturated rings. The Morgan fingerprint density at radius 3 is 2.69 bits per heavy atom. The molecule has 1 heterocycles. The van der Waals surface area contributed by atoms with Crippen LogP contribution in [0.2, 0.25) is 5.02 Å². The van der Waals surface area contributed by atoms with Crippen LogP contribution >= 0.6 is 11.6 Å². The van der Waals surface area contributed by atoms with Crippen molar-refractivity contribution in [2.45, 2.75) is 13.3 Å². The fourth-order valence-corrected chi connectivity index (χ4v) is 2.63. The summed E-state index contributed by atoms with van der Waals surface area (Å²) in [6.07, 6.45) is 1.16. The number of likely N-dealkylation sites (N-methyl/N-ethyl adjacent to an activating group) is 1. The third kappa shape index (κ3) is 4.60. The third-order valence-corrected chi connectivity index (χ3v) is 3.93. The van der Waals surface area contributed by atoms with E-state index in [9.17, 15) is 19.7 Å². The van der Waals surface area contributed by atoms with Gasteiger partial charge in [0, 0.05) is 36.3 Å². The number of hydrogen-bond donors (Lipinski definition) is 1. The zero-order valence-corrected chi connectivity index (χ0v) is 15.1. The number of nitro benzene ring substituents is 1. The van der Waals surface area contributed by atoms with Gasteiger partial charge in [0.25, 0.3) is 5.69 Å². The van der Waals surface area contributed by atoms with Crippen LogP contribution in [0.15, 0.2) is 30.5 Å². The molecule has 0 saturated carbocycles. The van der Waals surface area contributed by atoms with Crippen molar-refractivity contribution in [3.05, 3.63) is 62.4 Å². The van der Waals surface area contributed by atoms with Crippen LogP contribution in [0.4, 0.5) is 10.5 Å². The normalized spacial score (nSPS) is 10.4. The number of nitrogens with one attached hydrogen (secondary N) is 1. The summed E-state index contributed by atoms with van der Waals surface area (Å²) in [6, 6.07) is 6.08. The van der Waals surface area contributed by atoms with Gasteiger partial charge in [-0.05, 0) is 24.6 Å². The molecule has 0 aliphatic carbocycles. The Morgan fingerprint density at radius 1 is 1.31 bits per heavy atom. The number of hydrogen-bond acceptors (Lipinski definition) is 5. The first kappa shape index (κ1) is 19.5. The standard InChI is InChI=1S/C17H18ClN3O5/c1-3-26-17(23)20(2)10-15(22)16-12(6-7-19-16)8-11-4-5-13(18)9-14(11)21(24)25/h4-7,9,19H,3,8,10H2,1-2H3. The lowest BCUT2D eigenvalue weighted by Crippen LogP contribution is -2.33. The van der Waals surface area contributed by atoms with E-state index in [2.05, 4.69) is 4.98 Å². The van der Waals surface area contributed by atoms with Gasteiger partial charge in [-0.1, -0.05) is 17.7 Å². The van der Waals surface area contributed by atoms with E-state index in [1.165, 1.54) is 18.0 Å². The van der Waals surface area contributed by atoms with Crippen LogP contribution in [0.1, 0.15) is 28.5 Å². The Bertz CT molecular complexity index is 834. The molecule has 1 amide bonds. The van der Waals surface area contributed by atoms with Gasteiger partial charge in [-0.3, -0.25) is 14.9 Å². The van der Waals surface area contributed by atoms with Crippen LogP contribution in [0.5, 0.6) is 0 Å². The van der Waals surface area contributed by atoms with E-state index in [1.54, 1.807) is 31.3 Å². The number of Topliss-reactive ketones (excluding diaryl/α,β-unsaturated/α-hetero) is 1. The van der Waals surface area contributed by atoms with Gasteiger partial charge >= 0.3 is 6.09 Å². The van der Waals surface area contributed by atoms with E-state index in [4.69, 9.17) is 16.3 Å². The Balaban J connectivity index is 2.20. The van der Waals surface area contributed by atoms with Crippen LogP contribution in [-0.4, -0.2) is 46.9 Å². The summed E-state index contributed by atoms with van der Waals surface area (Å²) in [6.45, 7) is 1.72.